The summed E-state index contributed by atoms with van der Waals surface area (Å²) in [6, 6.07) is 11.2. The second-order valence-electron chi connectivity index (χ2n) is 6.37. The van der Waals surface area contributed by atoms with E-state index in [1.54, 1.807) is 6.07 Å². The fraction of sp³-hybridized carbons (Fsp3) is 0.263. The molecule has 0 N–H and O–H groups in total. The first-order chi connectivity index (χ1) is 12.9. The molecule has 0 atom stereocenters. The van der Waals surface area contributed by atoms with Crippen LogP contribution in [-0.4, -0.2) is 21.4 Å². The Bertz CT molecular complexity index is 971. The van der Waals surface area contributed by atoms with Crippen LogP contribution in [0.1, 0.15) is 22.8 Å². The lowest BCUT2D eigenvalue weighted by Gasteiger charge is -2.27. The number of hydrogen-bond acceptors (Lipinski definition) is 4. The molecule has 0 bridgehead atoms. The number of rotatable bonds is 3. The van der Waals surface area contributed by atoms with E-state index in [0.29, 0.717) is 48.1 Å². The van der Waals surface area contributed by atoms with Crippen LogP contribution >= 0.6 is 11.6 Å². The maximum Gasteiger partial charge on any atom is 0.451 e. The predicted octanol–water partition coefficient (Wildman–Crippen LogP) is 4.97. The zero-order valence-corrected chi connectivity index (χ0v) is 14.9. The van der Waals surface area contributed by atoms with Gasteiger partial charge < -0.3 is 4.42 Å². The minimum atomic E-state index is -4.52. The Morgan fingerprint density at radius 1 is 1.15 bits per heavy atom. The molecule has 140 valence electrons. The van der Waals surface area contributed by atoms with Gasteiger partial charge in [-0.25, -0.2) is 9.97 Å². The van der Waals surface area contributed by atoms with E-state index in [2.05, 4.69) is 14.9 Å². The van der Waals surface area contributed by atoms with Crippen LogP contribution in [0.25, 0.3) is 11.3 Å². The second kappa shape index (κ2) is 6.98. The highest BCUT2D eigenvalue weighted by Gasteiger charge is 2.35. The van der Waals surface area contributed by atoms with Crippen molar-refractivity contribution in [3.8, 4) is 11.3 Å². The average Bonchev–Trinajstić information content (AvgIpc) is 3.09. The zero-order chi connectivity index (χ0) is 19.0. The van der Waals surface area contributed by atoms with Crippen LogP contribution in [0.15, 0.2) is 47.0 Å². The highest BCUT2D eigenvalue weighted by Crippen LogP contribution is 2.31. The van der Waals surface area contributed by atoms with Crippen LogP contribution < -0.4 is 0 Å². The molecule has 0 spiro atoms. The van der Waals surface area contributed by atoms with Crippen LogP contribution in [-0.2, 0) is 25.7 Å². The normalized spacial score (nSPS) is 15.0. The van der Waals surface area contributed by atoms with Crippen molar-refractivity contribution in [2.45, 2.75) is 25.7 Å². The first-order valence-corrected chi connectivity index (χ1v) is 8.76. The molecule has 27 heavy (non-hydrogen) atoms. The molecule has 1 aliphatic heterocycles. The number of hydrogen-bond donors (Lipinski definition) is 0. The molecule has 3 aromatic rings. The van der Waals surface area contributed by atoms with Crippen LogP contribution in [0, 0.1) is 0 Å². The summed E-state index contributed by atoms with van der Waals surface area (Å²) in [6.45, 7) is 1.63. The minimum Gasteiger partial charge on any atom is -0.460 e. The van der Waals surface area contributed by atoms with E-state index in [4.69, 9.17) is 16.0 Å². The molecular weight excluding hydrogens is 379 g/mol. The van der Waals surface area contributed by atoms with E-state index in [0.717, 1.165) is 11.3 Å². The summed E-state index contributed by atoms with van der Waals surface area (Å²) in [5.41, 5.74) is 2.00. The molecule has 0 saturated carbocycles. The van der Waals surface area contributed by atoms with Gasteiger partial charge in [-0.1, -0.05) is 23.7 Å². The van der Waals surface area contributed by atoms with Gasteiger partial charge >= 0.3 is 6.18 Å². The van der Waals surface area contributed by atoms with Crippen LogP contribution in [0.3, 0.4) is 0 Å². The number of aromatic nitrogens is 2. The van der Waals surface area contributed by atoms with Gasteiger partial charge in [0.15, 0.2) is 0 Å². The third kappa shape index (κ3) is 3.84. The van der Waals surface area contributed by atoms with Gasteiger partial charge in [0.05, 0.1) is 17.3 Å². The summed E-state index contributed by atoms with van der Waals surface area (Å²) in [5, 5.41) is 0.614. The molecule has 1 aromatic carbocycles. The van der Waals surface area contributed by atoms with Crippen LogP contribution in [0.2, 0.25) is 5.02 Å². The van der Waals surface area contributed by atoms with Crippen molar-refractivity contribution in [2.75, 3.05) is 6.54 Å². The lowest BCUT2D eigenvalue weighted by atomic mass is 10.1. The Balaban J connectivity index is 1.47. The maximum atomic E-state index is 12.7. The molecule has 4 nitrogen and oxygen atoms in total. The lowest BCUT2D eigenvalue weighted by Crippen LogP contribution is -2.31. The molecule has 0 saturated heterocycles. The highest BCUT2D eigenvalue weighted by atomic mass is 35.5. The summed E-state index contributed by atoms with van der Waals surface area (Å²) >= 11 is 6.20. The smallest absolute Gasteiger partial charge is 0.451 e. The Morgan fingerprint density at radius 3 is 2.74 bits per heavy atom. The van der Waals surface area contributed by atoms with Crippen molar-refractivity contribution >= 4 is 11.6 Å². The molecular formula is C19H15ClF3N3O. The number of fused-ring (bicyclic) bond motifs is 1. The Labute approximate surface area is 158 Å². The fourth-order valence-electron chi connectivity index (χ4n) is 3.14. The van der Waals surface area contributed by atoms with E-state index < -0.39 is 12.0 Å². The van der Waals surface area contributed by atoms with Crippen LogP contribution in [0.4, 0.5) is 13.2 Å². The van der Waals surface area contributed by atoms with Crippen molar-refractivity contribution < 1.29 is 17.6 Å². The number of alkyl halides is 3. The molecule has 8 heteroatoms. The largest absolute Gasteiger partial charge is 0.460 e. The average molecular weight is 394 g/mol. The molecule has 0 amide bonds. The summed E-state index contributed by atoms with van der Waals surface area (Å²) in [6.07, 6.45) is -2.80. The van der Waals surface area contributed by atoms with Gasteiger partial charge in [0, 0.05) is 36.8 Å². The van der Waals surface area contributed by atoms with Crippen molar-refractivity contribution in [3.05, 3.63) is 70.5 Å². The van der Waals surface area contributed by atoms with Gasteiger partial charge in [0.2, 0.25) is 5.82 Å². The molecule has 0 unspecified atom stereocenters. The molecule has 2 aromatic heterocycles. The van der Waals surface area contributed by atoms with Gasteiger partial charge in [0.1, 0.15) is 11.5 Å². The van der Waals surface area contributed by atoms with Crippen molar-refractivity contribution in [1.29, 1.82) is 0 Å². The van der Waals surface area contributed by atoms with Gasteiger partial charge in [-0.3, -0.25) is 4.90 Å². The summed E-state index contributed by atoms with van der Waals surface area (Å²) in [4.78, 5) is 9.23. The van der Waals surface area contributed by atoms with Crippen molar-refractivity contribution in [1.82, 2.24) is 14.9 Å². The first-order valence-electron chi connectivity index (χ1n) is 8.38. The van der Waals surface area contributed by atoms with Gasteiger partial charge in [-0.05, 0) is 24.3 Å². The van der Waals surface area contributed by atoms with Gasteiger partial charge in [0.25, 0.3) is 0 Å². The number of nitrogens with zero attached hydrogens (tertiary/aromatic N) is 3. The standard InChI is InChI=1S/C19H15ClF3N3O/c20-15-4-2-1-3-14(15)17-6-5-13(27-17)11-26-8-7-16-12(10-26)9-24-18(25-16)19(21,22)23/h1-6,9H,7-8,10-11H2. The monoisotopic (exact) mass is 393 g/mol. The Hall–Kier alpha value is -2.38. The maximum absolute atomic E-state index is 12.7. The lowest BCUT2D eigenvalue weighted by molar-refractivity contribution is -0.145. The molecule has 0 aliphatic carbocycles. The molecule has 1 aliphatic rings. The van der Waals surface area contributed by atoms with Crippen molar-refractivity contribution in [2.24, 2.45) is 0 Å². The topological polar surface area (TPSA) is 42.2 Å². The van der Waals surface area contributed by atoms with E-state index >= 15 is 0 Å². The van der Waals surface area contributed by atoms with E-state index in [1.807, 2.05) is 30.3 Å². The van der Waals surface area contributed by atoms with Gasteiger partial charge in [-0.15, -0.1) is 0 Å². The summed E-state index contributed by atoms with van der Waals surface area (Å²) in [7, 11) is 0. The van der Waals surface area contributed by atoms with E-state index in [-0.39, 0.29) is 0 Å². The first kappa shape index (κ1) is 18.0. The van der Waals surface area contributed by atoms with Gasteiger partial charge in [-0.2, -0.15) is 13.2 Å². The number of benzene rings is 1. The van der Waals surface area contributed by atoms with Crippen LogP contribution in [0.5, 0.6) is 0 Å². The highest BCUT2D eigenvalue weighted by molar-refractivity contribution is 6.33. The molecule has 4 rings (SSSR count). The number of furan rings is 1. The fourth-order valence-corrected chi connectivity index (χ4v) is 3.36. The quantitative estimate of drug-likeness (QED) is 0.630. The molecule has 3 heterocycles. The third-order valence-corrected chi connectivity index (χ3v) is 4.78. The second-order valence-corrected chi connectivity index (χ2v) is 6.78. The minimum absolute atomic E-state index is 0.443. The van der Waals surface area contributed by atoms with E-state index in [9.17, 15) is 13.2 Å². The Morgan fingerprint density at radius 2 is 1.96 bits per heavy atom. The zero-order valence-electron chi connectivity index (χ0n) is 14.1. The summed E-state index contributed by atoms with van der Waals surface area (Å²) < 4.78 is 44.1. The predicted molar refractivity (Wildman–Crippen MR) is 94.0 cm³/mol. The van der Waals surface area contributed by atoms with Crippen molar-refractivity contribution in [3.63, 3.8) is 0 Å². The molecule has 0 fully saturated rings. The SMILES string of the molecule is FC(F)(F)c1ncc2c(n1)CCN(Cc1ccc(-c3ccccc3Cl)o1)C2. The van der Waals surface area contributed by atoms with E-state index in [1.165, 1.54) is 6.20 Å². The third-order valence-electron chi connectivity index (χ3n) is 4.45. The molecule has 0 radical (unpaired) electrons. The number of halogens is 4. The Kier molecular flexibility index (Phi) is 4.65. The summed E-state index contributed by atoms with van der Waals surface area (Å²) in [5.74, 6) is 0.373.